The Labute approximate surface area is 139 Å². The maximum absolute atomic E-state index is 12.0. The van der Waals surface area contributed by atoms with Crippen molar-refractivity contribution in [2.24, 2.45) is 0 Å². The van der Waals surface area contributed by atoms with Gasteiger partial charge in [0.15, 0.2) is 5.58 Å². The average Bonchev–Trinajstić information content (AvgIpc) is 2.88. The van der Waals surface area contributed by atoms with Gasteiger partial charge in [0.2, 0.25) is 0 Å². The van der Waals surface area contributed by atoms with E-state index in [0.29, 0.717) is 22.8 Å². The summed E-state index contributed by atoms with van der Waals surface area (Å²) in [4.78, 5) is 23.9. The van der Waals surface area contributed by atoms with E-state index < -0.39 is 5.76 Å². The van der Waals surface area contributed by atoms with E-state index in [1.54, 1.807) is 30.3 Å². The van der Waals surface area contributed by atoms with Gasteiger partial charge in [0.05, 0.1) is 11.9 Å². The quantitative estimate of drug-likeness (QED) is 0.530. The molecule has 5 heteroatoms. The van der Waals surface area contributed by atoms with Crippen LogP contribution in [-0.2, 0) is 11.3 Å². The zero-order valence-electron chi connectivity index (χ0n) is 13.7. The van der Waals surface area contributed by atoms with Crippen molar-refractivity contribution in [3.05, 3.63) is 64.6 Å². The van der Waals surface area contributed by atoms with Gasteiger partial charge in [-0.15, -0.1) is 0 Å². The Bertz CT molecular complexity index is 903. The van der Waals surface area contributed by atoms with Gasteiger partial charge >= 0.3 is 11.7 Å². The summed E-state index contributed by atoms with van der Waals surface area (Å²) < 4.78 is 11.9. The zero-order chi connectivity index (χ0) is 17.1. The first kappa shape index (κ1) is 16.1. The molecule has 0 unspecified atom stereocenters. The van der Waals surface area contributed by atoms with Gasteiger partial charge in [-0.1, -0.05) is 38.1 Å². The molecule has 0 saturated carbocycles. The van der Waals surface area contributed by atoms with Gasteiger partial charge in [0.25, 0.3) is 0 Å². The lowest BCUT2D eigenvalue weighted by Crippen LogP contribution is -2.18. The Balaban J connectivity index is 1.65. The molecule has 0 fully saturated rings. The first-order valence-corrected chi connectivity index (χ1v) is 7.93. The Morgan fingerprint density at radius 1 is 1.12 bits per heavy atom. The van der Waals surface area contributed by atoms with Crippen LogP contribution in [0.25, 0.3) is 11.1 Å². The third-order valence-corrected chi connectivity index (χ3v) is 3.89. The topological polar surface area (TPSA) is 61.4 Å². The van der Waals surface area contributed by atoms with E-state index >= 15 is 0 Å². The second kappa shape index (κ2) is 6.74. The molecule has 0 amide bonds. The Morgan fingerprint density at radius 2 is 1.83 bits per heavy atom. The molecule has 0 radical (unpaired) electrons. The number of benzene rings is 2. The molecular formula is C19H19NO4. The fraction of sp³-hybridized carbons (Fsp3) is 0.263. The molecule has 0 spiro atoms. The third kappa shape index (κ3) is 3.40. The molecule has 0 aliphatic heterocycles. The maximum atomic E-state index is 12.0. The van der Waals surface area contributed by atoms with Crippen molar-refractivity contribution >= 4 is 17.1 Å². The minimum absolute atomic E-state index is 0.0926. The third-order valence-electron chi connectivity index (χ3n) is 3.89. The highest BCUT2D eigenvalue weighted by atomic mass is 16.5. The number of rotatable bonds is 5. The van der Waals surface area contributed by atoms with E-state index in [1.165, 1.54) is 10.1 Å². The van der Waals surface area contributed by atoms with Crippen LogP contribution in [0, 0.1) is 0 Å². The van der Waals surface area contributed by atoms with Crippen LogP contribution in [0.15, 0.2) is 57.7 Å². The van der Waals surface area contributed by atoms with Crippen LogP contribution in [0.1, 0.15) is 31.7 Å². The molecule has 5 nitrogen and oxygen atoms in total. The molecule has 2 aromatic carbocycles. The van der Waals surface area contributed by atoms with Gasteiger partial charge in [-0.3, -0.25) is 9.36 Å². The lowest BCUT2D eigenvalue weighted by Gasteiger charge is -2.08. The van der Waals surface area contributed by atoms with Crippen molar-refractivity contribution < 1.29 is 13.9 Å². The average molecular weight is 325 g/mol. The number of nitrogens with zero attached hydrogens (tertiary/aromatic N) is 1. The van der Waals surface area contributed by atoms with Crippen LogP contribution >= 0.6 is 0 Å². The smallest absolute Gasteiger partial charge is 0.419 e. The van der Waals surface area contributed by atoms with Gasteiger partial charge in [-0.05, 0) is 35.7 Å². The highest BCUT2D eigenvalue weighted by Crippen LogP contribution is 2.19. The van der Waals surface area contributed by atoms with E-state index in [2.05, 4.69) is 13.8 Å². The van der Waals surface area contributed by atoms with Gasteiger partial charge in [-0.2, -0.15) is 0 Å². The zero-order valence-corrected chi connectivity index (χ0v) is 13.7. The highest BCUT2D eigenvalue weighted by molar-refractivity contribution is 5.74. The highest BCUT2D eigenvalue weighted by Gasteiger charge is 2.11. The van der Waals surface area contributed by atoms with E-state index in [-0.39, 0.29) is 18.9 Å². The predicted octanol–water partition coefficient (Wildman–Crippen LogP) is 3.71. The van der Waals surface area contributed by atoms with E-state index in [9.17, 15) is 9.59 Å². The number of hydrogen-bond donors (Lipinski definition) is 0. The van der Waals surface area contributed by atoms with Crippen LogP contribution in [-0.4, -0.2) is 10.5 Å². The fourth-order valence-corrected chi connectivity index (χ4v) is 2.53. The molecule has 0 aliphatic carbocycles. The number of fused-ring (bicyclic) bond motifs is 1. The number of hydrogen-bond acceptors (Lipinski definition) is 4. The maximum Gasteiger partial charge on any atom is 0.419 e. The molecule has 0 saturated heterocycles. The summed E-state index contributed by atoms with van der Waals surface area (Å²) in [6.07, 6.45) is 0.0926. The predicted molar refractivity (Wildman–Crippen MR) is 91.3 cm³/mol. The van der Waals surface area contributed by atoms with Crippen molar-refractivity contribution in [1.29, 1.82) is 0 Å². The number of aryl methyl sites for hydroxylation is 1. The van der Waals surface area contributed by atoms with Crippen LogP contribution in [0.4, 0.5) is 0 Å². The van der Waals surface area contributed by atoms with Crippen LogP contribution in [0.2, 0.25) is 0 Å². The normalized spacial score (nSPS) is 11.1. The molecule has 1 heterocycles. The number of ether oxygens (including phenoxy) is 1. The number of aromatic nitrogens is 1. The molecule has 124 valence electrons. The standard InChI is InChI=1S/C19H19NO4/c1-13(2)14-7-9-15(10-8-14)23-18(21)11-12-20-16-5-3-4-6-17(16)24-19(20)22/h3-10,13H,11-12H2,1-2H3. The summed E-state index contributed by atoms with van der Waals surface area (Å²) in [7, 11) is 0. The van der Waals surface area contributed by atoms with Crippen molar-refractivity contribution in [2.45, 2.75) is 32.7 Å². The summed E-state index contributed by atoms with van der Waals surface area (Å²) in [5.74, 6) is 0.0829. The molecule has 1 aromatic heterocycles. The monoisotopic (exact) mass is 325 g/mol. The number of carbonyl (C=O) groups excluding carboxylic acids is 1. The lowest BCUT2D eigenvalue weighted by molar-refractivity contribution is -0.134. The fourth-order valence-electron chi connectivity index (χ4n) is 2.53. The van der Waals surface area contributed by atoms with Gasteiger partial charge in [0, 0.05) is 6.54 Å². The number of carbonyl (C=O) groups is 1. The minimum atomic E-state index is -0.467. The van der Waals surface area contributed by atoms with Crippen molar-refractivity contribution in [3.8, 4) is 5.75 Å². The van der Waals surface area contributed by atoms with Crippen LogP contribution < -0.4 is 10.5 Å². The number of oxazole rings is 1. The summed E-state index contributed by atoms with van der Waals surface area (Å²) in [6, 6.07) is 14.6. The second-order valence-corrected chi connectivity index (χ2v) is 5.94. The minimum Gasteiger partial charge on any atom is -0.426 e. The van der Waals surface area contributed by atoms with E-state index in [0.717, 1.165) is 0 Å². The van der Waals surface area contributed by atoms with Crippen LogP contribution in [0.3, 0.4) is 0 Å². The molecule has 24 heavy (non-hydrogen) atoms. The van der Waals surface area contributed by atoms with E-state index in [1.807, 2.05) is 18.2 Å². The Hall–Kier alpha value is -2.82. The lowest BCUT2D eigenvalue weighted by atomic mass is 10.0. The summed E-state index contributed by atoms with van der Waals surface area (Å²) in [5.41, 5.74) is 2.38. The Kier molecular flexibility index (Phi) is 4.51. The second-order valence-electron chi connectivity index (χ2n) is 5.94. The van der Waals surface area contributed by atoms with Gasteiger partial charge in [0.1, 0.15) is 5.75 Å². The van der Waals surface area contributed by atoms with Crippen LogP contribution in [0.5, 0.6) is 5.75 Å². The summed E-state index contributed by atoms with van der Waals surface area (Å²) >= 11 is 0. The van der Waals surface area contributed by atoms with Gasteiger partial charge < -0.3 is 9.15 Å². The molecule has 0 bridgehead atoms. The van der Waals surface area contributed by atoms with Crippen molar-refractivity contribution in [2.75, 3.05) is 0 Å². The number of esters is 1. The van der Waals surface area contributed by atoms with Crippen molar-refractivity contribution in [3.63, 3.8) is 0 Å². The summed E-state index contributed by atoms with van der Waals surface area (Å²) in [6.45, 7) is 4.43. The molecular weight excluding hydrogens is 306 g/mol. The molecule has 3 rings (SSSR count). The summed E-state index contributed by atoms with van der Waals surface area (Å²) in [5, 5.41) is 0. The molecule has 0 atom stereocenters. The molecule has 3 aromatic rings. The first-order valence-electron chi connectivity index (χ1n) is 7.93. The largest absolute Gasteiger partial charge is 0.426 e. The molecule has 0 N–H and O–H groups in total. The number of para-hydroxylation sites is 2. The first-order chi connectivity index (χ1) is 11.5. The van der Waals surface area contributed by atoms with E-state index in [4.69, 9.17) is 9.15 Å². The van der Waals surface area contributed by atoms with Crippen molar-refractivity contribution in [1.82, 2.24) is 4.57 Å². The SMILES string of the molecule is CC(C)c1ccc(OC(=O)CCn2c(=O)oc3ccccc32)cc1. The molecule has 0 aliphatic rings. The Morgan fingerprint density at radius 3 is 2.54 bits per heavy atom. The van der Waals surface area contributed by atoms with Gasteiger partial charge in [-0.25, -0.2) is 4.79 Å².